The lowest BCUT2D eigenvalue weighted by molar-refractivity contribution is -0.114. The van der Waals surface area contributed by atoms with E-state index in [1.54, 1.807) is 11.8 Å². The van der Waals surface area contributed by atoms with Gasteiger partial charge in [0.25, 0.3) is 0 Å². The first-order valence-electron chi connectivity index (χ1n) is 5.55. The van der Waals surface area contributed by atoms with E-state index in [9.17, 15) is 4.79 Å². The minimum Gasteiger partial charge on any atom is -0.326 e. The van der Waals surface area contributed by atoms with Gasteiger partial charge in [0.1, 0.15) is 5.82 Å². The van der Waals surface area contributed by atoms with Crippen LogP contribution < -0.4 is 5.32 Å². The zero-order valence-electron chi connectivity index (χ0n) is 10.1. The first kappa shape index (κ1) is 13.0. The molecule has 0 spiro atoms. The van der Waals surface area contributed by atoms with E-state index in [0.717, 1.165) is 27.2 Å². The molecule has 0 saturated carbocycles. The van der Waals surface area contributed by atoms with Crippen molar-refractivity contribution in [3.05, 3.63) is 30.1 Å². The lowest BCUT2D eigenvalue weighted by Gasteiger charge is -2.02. The Hall–Kier alpha value is -1.40. The third kappa shape index (κ3) is 3.54. The molecule has 1 aromatic heterocycles. The van der Waals surface area contributed by atoms with E-state index in [1.807, 2.05) is 31.2 Å². The summed E-state index contributed by atoms with van der Waals surface area (Å²) in [5.74, 6) is 0.824. The SMILES string of the molecule is CCc1nsc(Sc2ccc(NC(C)=O)cc2)n1. The van der Waals surface area contributed by atoms with Crippen LogP contribution in [0.25, 0.3) is 0 Å². The average molecular weight is 279 g/mol. The Morgan fingerprint density at radius 3 is 2.67 bits per heavy atom. The molecule has 0 aliphatic rings. The molecule has 0 saturated heterocycles. The van der Waals surface area contributed by atoms with Gasteiger partial charge in [0.15, 0.2) is 4.34 Å². The summed E-state index contributed by atoms with van der Waals surface area (Å²) in [6, 6.07) is 7.68. The van der Waals surface area contributed by atoms with Gasteiger partial charge in [-0.25, -0.2) is 4.98 Å². The second-order valence-electron chi connectivity index (χ2n) is 3.64. The highest BCUT2D eigenvalue weighted by Crippen LogP contribution is 2.29. The van der Waals surface area contributed by atoms with E-state index in [4.69, 9.17) is 0 Å². The Kier molecular flexibility index (Phi) is 4.33. The number of nitrogens with one attached hydrogen (secondary N) is 1. The van der Waals surface area contributed by atoms with Crippen LogP contribution in [0.15, 0.2) is 33.5 Å². The molecule has 94 valence electrons. The van der Waals surface area contributed by atoms with Gasteiger partial charge < -0.3 is 5.32 Å². The number of aryl methyl sites for hydroxylation is 1. The van der Waals surface area contributed by atoms with Gasteiger partial charge >= 0.3 is 0 Å². The number of aromatic nitrogens is 2. The van der Waals surface area contributed by atoms with E-state index in [0.29, 0.717) is 0 Å². The van der Waals surface area contributed by atoms with E-state index in [2.05, 4.69) is 14.7 Å². The third-order valence-electron chi connectivity index (χ3n) is 2.15. The molecule has 6 heteroatoms. The predicted molar refractivity (Wildman–Crippen MR) is 74.2 cm³/mol. The number of hydrogen-bond acceptors (Lipinski definition) is 5. The molecule has 4 nitrogen and oxygen atoms in total. The molecule has 0 aliphatic carbocycles. The van der Waals surface area contributed by atoms with Gasteiger partial charge in [-0.15, -0.1) is 0 Å². The van der Waals surface area contributed by atoms with E-state index in [-0.39, 0.29) is 5.91 Å². The smallest absolute Gasteiger partial charge is 0.221 e. The van der Waals surface area contributed by atoms with Crippen LogP contribution in [0.3, 0.4) is 0 Å². The molecule has 0 unspecified atom stereocenters. The fraction of sp³-hybridized carbons (Fsp3) is 0.250. The average Bonchev–Trinajstić information content (AvgIpc) is 2.79. The maximum Gasteiger partial charge on any atom is 0.221 e. The summed E-state index contributed by atoms with van der Waals surface area (Å²) >= 11 is 3.00. The van der Waals surface area contributed by atoms with Crippen LogP contribution in [0.2, 0.25) is 0 Å². The van der Waals surface area contributed by atoms with Crippen LogP contribution in [0.5, 0.6) is 0 Å². The minimum atomic E-state index is -0.0629. The number of carbonyl (C=O) groups excluding carboxylic acids is 1. The molecule has 2 aromatic rings. The zero-order valence-corrected chi connectivity index (χ0v) is 11.8. The Bertz CT molecular complexity index is 537. The van der Waals surface area contributed by atoms with Crippen molar-refractivity contribution in [2.75, 3.05) is 5.32 Å². The van der Waals surface area contributed by atoms with Crippen LogP contribution in [0, 0.1) is 0 Å². The van der Waals surface area contributed by atoms with Crippen molar-refractivity contribution in [1.29, 1.82) is 0 Å². The minimum absolute atomic E-state index is 0.0629. The molecule has 0 radical (unpaired) electrons. The molecule has 18 heavy (non-hydrogen) atoms. The normalized spacial score (nSPS) is 10.3. The number of carbonyl (C=O) groups is 1. The lowest BCUT2D eigenvalue weighted by atomic mass is 10.3. The molecule has 0 fully saturated rings. The number of amides is 1. The van der Waals surface area contributed by atoms with E-state index < -0.39 is 0 Å². The van der Waals surface area contributed by atoms with Gasteiger partial charge in [0, 0.05) is 23.9 Å². The summed E-state index contributed by atoms with van der Waals surface area (Å²) in [6.45, 7) is 3.54. The maximum absolute atomic E-state index is 10.9. The molecule has 1 aromatic carbocycles. The first-order chi connectivity index (χ1) is 8.67. The molecule has 0 bridgehead atoms. The van der Waals surface area contributed by atoms with Crippen molar-refractivity contribution in [1.82, 2.24) is 9.36 Å². The van der Waals surface area contributed by atoms with Gasteiger partial charge in [0.2, 0.25) is 5.91 Å². The van der Waals surface area contributed by atoms with Crippen LogP contribution in [-0.4, -0.2) is 15.3 Å². The Morgan fingerprint density at radius 1 is 1.39 bits per heavy atom. The van der Waals surface area contributed by atoms with Crippen molar-refractivity contribution >= 4 is 34.9 Å². The maximum atomic E-state index is 10.9. The number of rotatable bonds is 4. The molecule has 1 heterocycles. The van der Waals surface area contributed by atoms with Gasteiger partial charge in [-0.3, -0.25) is 4.79 Å². The quantitative estimate of drug-likeness (QED) is 0.933. The predicted octanol–water partition coefficient (Wildman–Crippen LogP) is 3.21. The highest BCUT2D eigenvalue weighted by atomic mass is 32.2. The van der Waals surface area contributed by atoms with Crippen LogP contribution >= 0.6 is 23.3 Å². The van der Waals surface area contributed by atoms with Crippen molar-refractivity contribution < 1.29 is 4.79 Å². The molecular weight excluding hydrogens is 266 g/mol. The number of hydrogen-bond donors (Lipinski definition) is 1. The second-order valence-corrected chi connectivity index (χ2v) is 5.71. The van der Waals surface area contributed by atoms with Gasteiger partial charge in [-0.2, -0.15) is 4.37 Å². The van der Waals surface area contributed by atoms with Gasteiger partial charge in [0.05, 0.1) is 0 Å². The van der Waals surface area contributed by atoms with Crippen molar-refractivity contribution in [3.8, 4) is 0 Å². The summed E-state index contributed by atoms with van der Waals surface area (Å²) in [6.07, 6.45) is 0.860. The van der Waals surface area contributed by atoms with Crippen molar-refractivity contribution in [2.24, 2.45) is 0 Å². The van der Waals surface area contributed by atoms with Crippen LogP contribution in [-0.2, 0) is 11.2 Å². The first-order valence-corrected chi connectivity index (χ1v) is 7.14. The summed E-state index contributed by atoms with van der Waals surface area (Å²) < 4.78 is 5.18. The lowest BCUT2D eigenvalue weighted by Crippen LogP contribution is -2.05. The van der Waals surface area contributed by atoms with Crippen molar-refractivity contribution in [2.45, 2.75) is 29.5 Å². The molecule has 2 rings (SSSR count). The zero-order chi connectivity index (χ0) is 13.0. The Morgan fingerprint density at radius 2 is 2.11 bits per heavy atom. The fourth-order valence-electron chi connectivity index (χ4n) is 1.33. The monoisotopic (exact) mass is 279 g/mol. The second kappa shape index (κ2) is 5.97. The summed E-state index contributed by atoms with van der Waals surface area (Å²) in [4.78, 5) is 16.4. The molecule has 1 N–H and O–H groups in total. The molecule has 0 aliphatic heterocycles. The highest BCUT2D eigenvalue weighted by molar-refractivity contribution is 8.01. The largest absolute Gasteiger partial charge is 0.326 e. The third-order valence-corrected chi connectivity index (χ3v) is 3.94. The number of benzene rings is 1. The standard InChI is InChI=1S/C12H13N3OS2/c1-3-11-14-12(18-15-11)17-10-6-4-9(5-7-10)13-8(2)16/h4-7H,3H2,1-2H3,(H,13,16). The van der Waals surface area contributed by atoms with Gasteiger partial charge in [-0.05, 0) is 35.8 Å². The topological polar surface area (TPSA) is 54.9 Å². The molecule has 0 atom stereocenters. The summed E-state index contributed by atoms with van der Waals surface area (Å²) in [5.41, 5.74) is 0.804. The van der Waals surface area contributed by atoms with E-state index in [1.165, 1.54) is 18.5 Å². The number of anilines is 1. The fourth-order valence-corrected chi connectivity index (χ4v) is 3.01. The van der Waals surface area contributed by atoms with Crippen molar-refractivity contribution in [3.63, 3.8) is 0 Å². The highest BCUT2D eigenvalue weighted by Gasteiger charge is 2.04. The molecular formula is C12H13N3OS2. The Balaban J connectivity index is 2.03. The van der Waals surface area contributed by atoms with Crippen LogP contribution in [0.1, 0.15) is 19.7 Å². The van der Waals surface area contributed by atoms with Crippen LogP contribution in [0.4, 0.5) is 5.69 Å². The van der Waals surface area contributed by atoms with E-state index >= 15 is 0 Å². The van der Waals surface area contributed by atoms with Gasteiger partial charge in [-0.1, -0.05) is 18.7 Å². The summed E-state index contributed by atoms with van der Waals surface area (Å²) in [7, 11) is 0. The summed E-state index contributed by atoms with van der Waals surface area (Å²) in [5, 5.41) is 2.74. The molecule has 1 amide bonds. The number of nitrogens with zero attached hydrogens (tertiary/aromatic N) is 2. The Labute approximate surface area is 114 Å².